The van der Waals surface area contributed by atoms with Crippen molar-refractivity contribution in [1.29, 1.82) is 0 Å². The molecule has 30 heavy (non-hydrogen) atoms. The van der Waals surface area contributed by atoms with Crippen molar-refractivity contribution in [3.63, 3.8) is 0 Å². The van der Waals surface area contributed by atoms with Crippen molar-refractivity contribution in [2.24, 2.45) is 0 Å². The molecule has 0 aromatic carbocycles. The number of nitrogens with zero attached hydrogens (tertiary/aromatic N) is 3. The van der Waals surface area contributed by atoms with Crippen molar-refractivity contribution in [3.8, 4) is 5.88 Å². The predicted molar refractivity (Wildman–Crippen MR) is 121 cm³/mol. The van der Waals surface area contributed by atoms with Crippen molar-refractivity contribution >= 4 is 11.6 Å². The van der Waals surface area contributed by atoms with Gasteiger partial charge in [-0.3, -0.25) is 14.0 Å². The Morgan fingerprint density at radius 1 is 1.33 bits per heavy atom. The highest BCUT2D eigenvalue weighted by Gasteiger charge is 2.25. The van der Waals surface area contributed by atoms with Gasteiger partial charge < -0.3 is 15.0 Å². The summed E-state index contributed by atoms with van der Waals surface area (Å²) in [5.74, 6) is -0.372. The Kier molecular flexibility index (Phi) is 8.01. The topological polar surface area (TPSA) is 75.9 Å². The molecule has 1 unspecified atom stereocenters. The maximum Gasteiger partial charge on any atom is 0.274 e. The average Bonchev–Trinajstić information content (AvgIpc) is 2.67. The summed E-state index contributed by atoms with van der Waals surface area (Å²) in [7, 11) is 0. The van der Waals surface area contributed by atoms with Crippen LogP contribution in [-0.2, 0) is 0 Å². The zero-order chi connectivity index (χ0) is 22.5. The van der Waals surface area contributed by atoms with E-state index in [1.54, 1.807) is 12.3 Å². The van der Waals surface area contributed by atoms with Gasteiger partial charge in [-0.05, 0) is 65.6 Å². The number of carbonyl (C=O) groups excluding carboxylic acids is 1. The molecule has 0 saturated carbocycles. The van der Waals surface area contributed by atoms with Gasteiger partial charge in [0, 0.05) is 25.3 Å². The number of nitrogens with one attached hydrogen (secondary N) is 1. The number of ether oxygens (including phenoxy) is 1. The molecule has 7 nitrogen and oxygen atoms in total. The van der Waals surface area contributed by atoms with Crippen LogP contribution in [0.15, 0.2) is 23.1 Å². The van der Waals surface area contributed by atoms with Crippen LogP contribution in [0.25, 0.3) is 5.65 Å². The van der Waals surface area contributed by atoms with E-state index in [1.165, 1.54) is 4.40 Å². The van der Waals surface area contributed by atoms with E-state index in [0.29, 0.717) is 18.2 Å². The highest BCUT2D eigenvalue weighted by molar-refractivity contribution is 5.96. The summed E-state index contributed by atoms with van der Waals surface area (Å²) in [6.07, 6.45) is 3.52. The lowest BCUT2D eigenvalue weighted by molar-refractivity contribution is 0.0921. The van der Waals surface area contributed by atoms with Gasteiger partial charge in [0.1, 0.15) is 11.2 Å². The highest BCUT2D eigenvalue weighted by Crippen LogP contribution is 2.20. The molecule has 0 aliphatic heterocycles. The molecule has 166 valence electrons. The van der Waals surface area contributed by atoms with E-state index in [-0.39, 0.29) is 11.4 Å². The summed E-state index contributed by atoms with van der Waals surface area (Å²) in [5, 5.41) is 2.88. The molecule has 1 amide bonds. The number of fused-ring (bicyclic) bond motifs is 1. The third kappa shape index (κ3) is 5.81. The second-order valence-electron chi connectivity index (χ2n) is 8.69. The first-order chi connectivity index (χ1) is 14.1. The maximum atomic E-state index is 13.1. The zero-order valence-electron chi connectivity index (χ0n) is 19.4. The van der Waals surface area contributed by atoms with Crippen LogP contribution in [0, 0.1) is 6.92 Å². The van der Waals surface area contributed by atoms with Gasteiger partial charge in [-0.2, -0.15) is 4.98 Å². The van der Waals surface area contributed by atoms with Crippen LogP contribution in [0.1, 0.15) is 70.3 Å². The zero-order valence-corrected chi connectivity index (χ0v) is 19.4. The Balaban J connectivity index is 2.26. The van der Waals surface area contributed by atoms with E-state index in [0.717, 1.165) is 31.5 Å². The second kappa shape index (κ2) is 10.1. The summed E-state index contributed by atoms with van der Waals surface area (Å²) in [6.45, 7) is 16.3. The number of aryl methyl sites for hydroxylation is 1. The van der Waals surface area contributed by atoms with Crippen molar-refractivity contribution < 1.29 is 9.53 Å². The van der Waals surface area contributed by atoms with Gasteiger partial charge in [-0.25, -0.2) is 0 Å². The van der Waals surface area contributed by atoms with Gasteiger partial charge in [-0.15, -0.1) is 0 Å². The van der Waals surface area contributed by atoms with Crippen LogP contribution in [0.5, 0.6) is 5.88 Å². The van der Waals surface area contributed by atoms with E-state index in [2.05, 4.69) is 36.0 Å². The van der Waals surface area contributed by atoms with E-state index >= 15 is 0 Å². The number of carbonyl (C=O) groups is 1. The molecule has 0 aliphatic carbocycles. The molecule has 7 heteroatoms. The maximum absolute atomic E-state index is 13.1. The number of hydrogen-bond acceptors (Lipinski definition) is 5. The second-order valence-corrected chi connectivity index (χ2v) is 8.69. The Morgan fingerprint density at radius 2 is 2.03 bits per heavy atom. The van der Waals surface area contributed by atoms with Crippen LogP contribution in [0.3, 0.4) is 0 Å². The molecule has 0 bridgehead atoms. The average molecular weight is 417 g/mol. The largest absolute Gasteiger partial charge is 0.471 e. The van der Waals surface area contributed by atoms with Gasteiger partial charge in [-0.1, -0.05) is 19.9 Å². The van der Waals surface area contributed by atoms with Crippen LogP contribution in [0.4, 0.5) is 0 Å². The number of amides is 1. The molecule has 2 heterocycles. The quantitative estimate of drug-likeness (QED) is 0.634. The van der Waals surface area contributed by atoms with E-state index in [4.69, 9.17) is 4.74 Å². The summed E-state index contributed by atoms with van der Waals surface area (Å²) in [5.41, 5.74) is 0.265. The lowest BCUT2D eigenvalue weighted by Crippen LogP contribution is -2.37. The molecule has 2 aromatic rings. The van der Waals surface area contributed by atoms with E-state index in [9.17, 15) is 9.59 Å². The SMILES string of the molecule is CCC(C)N(CC)CCCNC(=O)c1c(OC(C)(C)C)nc2c(C)cccn2c1=O. The Hall–Kier alpha value is -2.41. The van der Waals surface area contributed by atoms with Crippen molar-refractivity contribution in [1.82, 2.24) is 19.6 Å². The van der Waals surface area contributed by atoms with Crippen LogP contribution in [-0.4, -0.2) is 51.5 Å². The molecule has 0 fully saturated rings. The lowest BCUT2D eigenvalue weighted by Gasteiger charge is -2.26. The molecular formula is C23H36N4O3. The third-order valence-corrected chi connectivity index (χ3v) is 5.17. The molecule has 1 atom stereocenters. The summed E-state index contributed by atoms with van der Waals surface area (Å²) in [4.78, 5) is 33.0. The molecule has 2 rings (SSSR count). The van der Waals surface area contributed by atoms with Crippen LogP contribution >= 0.6 is 0 Å². The van der Waals surface area contributed by atoms with Crippen molar-refractivity contribution in [2.45, 2.75) is 73.0 Å². The first-order valence-electron chi connectivity index (χ1n) is 10.8. The smallest absolute Gasteiger partial charge is 0.274 e. The highest BCUT2D eigenvalue weighted by atomic mass is 16.5. The minimum absolute atomic E-state index is 0.0534. The molecule has 0 radical (unpaired) electrons. The van der Waals surface area contributed by atoms with Gasteiger partial charge in [0.2, 0.25) is 5.88 Å². The standard InChI is InChI=1S/C23H36N4O3/c1-8-17(4)26(9-2)14-11-13-24-20(28)18-21(30-23(5,6)7)25-19-16(3)12-10-15-27(19)22(18)29/h10,12,15,17H,8-9,11,13-14H2,1-7H3,(H,24,28). The van der Waals surface area contributed by atoms with Gasteiger partial charge in [0.15, 0.2) is 5.56 Å². The fourth-order valence-electron chi connectivity index (χ4n) is 3.36. The van der Waals surface area contributed by atoms with Gasteiger partial charge in [0.25, 0.3) is 11.5 Å². The van der Waals surface area contributed by atoms with Crippen molar-refractivity contribution in [3.05, 3.63) is 39.8 Å². The van der Waals surface area contributed by atoms with E-state index < -0.39 is 17.1 Å². The summed E-state index contributed by atoms with van der Waals surface area (Å²) < 4.78 is 7.32. The molecule has 0 spiro atoms. The molecular weight excluding hydrogens is 380 g/mol. The monoisotopic (exact) mass is 416 g/mol. The van der Waals surface area contributed by atoms with Crippen molar-refractivity contribution in [2.75, 3.05) is 19.6 Å². The normalized spacial score (nSPS) is 12.9. The Bertz CT molecular complexity index is 930. The number of pyridine rings is 1. The predicted octanol–water partition coefficient (Wildman–Crippen LogP) is 3.42. The first kappa shape index (κ1) is 23.9. The van der Waals surface area contributed by atoms with Gasteiger partial charge >= 0.3 is 0 Å². The fourth-order valence-corrected chi connectivity index (χ4v) is 3.36. The van der Waals surface area contributed by atoms with Gasteiger partial charge in [0.05, 0.1) is 0 Å². The van der Waals surface area contributed by atoms with E-state index in [1.807, 2.05) is 33.8 Å². The lowest BCUT2D eigenvalue weighted by atomic mass is 10.2. The minimum atomic E-state index is -0.590. The third-order valence-electron chi connectivity index (χ3n) is 5.17. The molecule has 2 aromatic heterocycles. The molecule has 0 aliphatic rings. The first-order valence-corrected chi connectivity index (χ1v) is 10.8. The Labute approximate surface area is 179 Å². The number of aromatic nitrogens is 2. The Morgan fingerprint density at radius 3 is 2.63 bits per heavy atom. The minimum Gasteiger partial charge on any atom is -0.471 e. The summed E-state index contributed by atoms with van der Waals surface area (Å²) >= 11 is 0. The molecule has 1 N–H and O–H groups in total. The fraction of sp³-hybridized carbons (Fsp3) is 0.609. The molecule has 0 saturated heterocycles. The summed E-state index contributed by atoms with van der Waals surface area (Å²) in [6, 6.07) is 4.15. The number of hydrogen-bond donors (Lipinski definition) is 1. The van der Waals surface area contributed by atoms with Crippen LogP contribution < -0.4 is 15.6 Å². The van der Waals surface area contributed by atoms with Crippen LogP contribution in [0.2, 0.25) is 0 Å². The number of rotatable bonds is 9.